The Morgan fingerprint density at radius 1 is 1.18 bits per heavy atom. The molecule has 0 atom stereocenters. The minimum Gasteiger partial charge on any atom is -0.375 e. The van der Waals surface area contributed by atoms with Crippen molar-refractivity contribution < 1.29 is 4.39 Å². The van der Waals surface area contributed by atoms with Crippen LogP contribution in [0, 0.1) is 5.82 Å². The lowest BCUT2D eigenvalue weighted by molar-refractivity contribution is 0.122. The van der Waals surface area contributed by atoms with Crippen LogP contribution in [0.5, 0.6) is 0 Å². The third-order valence-corrected chi connectivity index (χ3v) is 5.12. The Labute approximate surface area is 141 Å². The van der Waals surface area contributed by atoms with Crippen molar-refractivity contribution in [3.05, 3.63) is 45.1 Å². The van der Waals surface area contributed by atoms with Crippen molar-refractivity contribution in [2.24, 2.45) is 0 Å². The zero-order valence-corrected chi connectivity index (χ0v) is 14.5. The lowest BCUT2D eigenvalue weighted by Crippen LogP contribution is -2.45. The van der Waals surface area contributed by atoms with E-state index in [-0.39, 0.29) is 5.82 Å². The summed E-state index contributed by atoms with van der Waals surface area (Å²) in [5.74, 6) is -0.134. The second kappa shape index (κ2) is 7.04. The molecule has 0 amide bonds. The molecule has 0 unspecified atom stereocenters. The van der Waals surface area contributed by atoms with Gasteiger partial charge >= 0.3 is 0 Å². The van der Waals surface area contributed by atoms with Gasteiger partial charge in [0.05, 0.1) is 0 Å². The van der Waals surface area contributed by atoms with E-state index in [0.717, 1.165) is 42.8 Å². The molecule has 0 saturated carbocycles. The van der Waals surface area contributed by atoms with Crippen molar-refractivity contribution in [1.82, 2.24) is 14.8 Å². The summed E-state index contributed by atoms with van der Waals surface area (Å²) in [5.41, 5.74) is 6.41. The second-order valence-corrected chi connectivity index (χ2v) is 7.52. The van der Waals surface area contributed by atoms with Crippen LogP contribution in [0.2, 0.25) is 0 Å². The summed E-state index contributed by atoms with van der Waals surface area (Å²) < 4.78 is 14.7. The number of thiazole rings is 1. The molecule has 1 aliphatic heterocycles. The van der Waals surface area contributed by atoms with Crippen LogP contribution in [-0.2, 0) is 13.1 Å². The van der Waals surface area contributed by atoms with E-state index in [1.165, 1.54) is 10.9 Å². The maximum absolute atomic E-state index is 13.8. The van der Waals surface area contributed by atoms with E-state index in [1.54, 1.807) is 17.4 Å². The van der Waals surface area contributed by atoms with Gasteiger partial charge in [-0.2, -0.15) is 0 Å². The molecule has 0 spiro atoms. The first-order chi connectivity index (χ1) is 10.6. The summed E-state index contributed by atoms with van der Waals surface area (Å²) in [6, 6.07) is 5.11. The summed E-state index contributed by atoms with van der Waals surface area (Å²) in [5, 5.41) is 0.624. The van der Waals surface area contributed by atoms with Gasteiger partial charge in [-0.15, -0.1) is 11.3 Å². The second-order valence-electron chi connectivity index (χ2n) is 5.45. The zero-order valence-electron chi connectivity index (χ0n) is 12.1. The van der Waals surface area contributed by atoms with Crippen molar-refractivity contribution in [3.8, 4) is 0 Å². The van der Waals surface area contributed by atoms with E-state index in [9.17, 15) is 4.39 Å². The lowest BCUT2D eigenvalue weighted by atomic mass is 10.2. The minimum absolute atomic E-state index is 0.134. The molecule has 0 bridgehead atoms. The van der Waals surface area contributed by atoms with Crippen LogP contribution in [0.3, 0.4) is 0 Å². The number of nitrogens with two attached hydrogens (primary N) is 1. The van der Waals surface area contributed by atoms with Crippen molar-refractivity contribution >= 4 is 32.4 Å². The molecule has 7 heteroatoms. The molecule has 0 radical (unpaired) electrons. The van der Waals surface area contributed by atoms with Crippen LogP contribution < -0.4 is 5.73 Å². The molecule has 3 rings (SSSR count). The number of nitrogens with zero attached hydrogens (tertiary/aromatic N) is 3. The fourth-order valence-electron chi connectivity index (χ4n) is 2.63. The van der Waals surface area contributed by atoms with Crippen LogP contribution >= 0.6 is 27.3 Å². The monoisotopic (exact) mass is 384 g/mol. The zero-order chi connectivity index (χ0) is 15.5. The number of hydrogen-bond donors (Lipinski definition) is 1. The number of halogens is 2. The molecule has 2 aromatic rings. The molecule has 1 aromatic carbocycles. The molecule has 2 N–H and O–H groups in total. The molecular formula is C15H18BrFN4S. The molecule has 1 fully saturated rings. The summed E-state index contributed by atoms with van der Waals surface area (Å²) in [7, 11) is 0. The predicted octanol–water partition coefficient (Wildman–Crippen LogP) is 2.94. The standard InChI is InChI=1S/C15H18BrFN4S/c16-12-1-2-14(17)11(7-12)9-20-3-5-21(6-4-20)10-13-8-19-15(18)22-13/h1-2,7-8H,3-6,9-10H2,(H2,18,19). The van der Waals surface area contributed by atoms with Gasteiger partial charge in [0.1, 0.15) is 5.82 Å². The number of rotatable bonds is 4. The van der Waals surface area contributed by atoms with Gasteiger partial charge in [0.15, 0.2) is 5.13 Å². The van der Waals surface area contributed by atoms with E-state index in [0.29, 0.717) is 11.7 Å². The van der Waals surface area contributed by atoms with Crippen molar-refractivity contribution in [2.75, 3.05) is 31.9 Å². The maximum atomic E-state index is 13.8. The topological polar surface area (TPSA) is 45.4 Å². The van der Waals surface area contributed by atoms with Crippen LogP contribution in [0.4, 0.5) is 9.52 Å². The summed E-state index contributed by atoms with van der Waals surface area (Å²) in [6.45, 7) is 5.40. The molecule has 2 heterocycles. The highest BCUT2D eigenvalue weighted by atomic mass is 79.9. The quantitative estimate of drug-likeness (QED) is 0.879. The molecule has 118 valence electrons. The van der Waals surface area contributed by atoms with Gasteiger partial charge in [0.2, 0.25) is 0 Å². The number of anilines is 1. The number of hydrogen-bond acceptors (Lipinski definition) is 5. The fraction of sp³-hybridized carbons (Fsp3) is 0.400. The number of aromatic nitrogens is 1. The SMILES string of the molecule is Nc1ncc(CN2CCN(Cc3cc(Br)ccc3F)CC2)s1. The van der Waals surface area contributed by atoms with Gasteiger partial charge in [-0.3, -0.25) is 9.80 Å². The first kappa shape index (κ1) is 15.9. The van der Waals surface area contributed by atoms with E-state index in [1.807, 2.05) is 12.3 Å². The molecular weight excluding hydrogens is 367 g/mol. The number of nitrogen functional groups attached to an aromatic ring is 1. The Hall–Kier alpha value is -1.02. The van der Waals surface area contributed by atoms with Crippen LogP contribution in [0.15, 0.2) is 28.9 Å². The Bertz CT molecular complexity index is 640. The van der Waals surface area contributed by atoms with Gasteiger partial charge in [0.25, 0.3) is 0 Å². The van der Waals surface area contributed by atoms with Gasteiger partial charge in [-0.05, 0) is 18.2 Å². The summed E-state index contributed by atoms with van der Waals surface area (Å²) in [6.07, 6.45) is 1.85. The van der Waals surface area contributed by atoms with Crippen LogP contribution in [0.1, 0.15) is 10.4 Å². The molecule has 1 aliphatic rings. The Morgan fingerprint density at radius 2 is 1.86 bits per heavy atom. The first-order valence-corrected chi connectivity index (χ1v) is 8.80. The number of piperazine rings is 1. The highest BCUT2D eigenvalue weighted by Gasteiger charge is 2.18. The van der Waals surface area contributed by atoms with E-state index < -0.39 is 0 Å². The molecule has 1 saturated heterocycles. The first-order valence-electron chi connectivity index (χ1n) is 7.19. The van der Waals surface area contributed by atoms with Crippen molar-refractivity contribution in [3.63, 3.8) is 0 Å². The van der Waals surface area contributed by atoms with Crippen LogP contribution in [0.25, 0.3) is 0 Å². The van der Waals surface area contributed by atoms with Crippen molar-refractivity contribution in [1.29, 1.82) is 0 Å². The van der Waals surface area contributed by atoms with E-state index in [4.69, 9.17) is 5.73 Å². The normalized spacial score (nSPS) is 17.0. The maximum Gasteiger partial charge on any atom is 0.180 e. The molecule has 22 heavy (non-hydrogen) atoms. The predicted molar refractivity (Wildman–Crippen MR) is 91.2 cm³/mol. The van der Waals surface area contributed by atoms with Gasteiger partial charge < -0.3 is 5.73 Å². The Balaban J connectivity index is 1.52. The minimum atomic E-state index is -0.134. The van der Waals surface area contributed by atoms with Crippen LogP contribution in [-0.4, -0.2) is 41.0 Å². The average molecular weight is 385 g/mol. The molecule has 4 nitrogen and oxygen atoms in total. The fourth-order valence-corrected chi connectivity index (χ4v) is 3.76. The summed E-state index contributed by atoms with van der Waals surface area (Å²) >= 11 is 4.95. The number of benzene rings is 1. The summed E-state index contributed by atoms with van der Waals surface area (Å²) in [4.78, 5) is 9.97. The highest BCUT2D eigenvalue weighted by molar-refractivity contribution is 9.10. The third kappa shape index (κ3) is 4.04. The van der Waals surface area contributed by atoms with Gasteiger partial charge in [-0.1, -0.05) is 15.9 Å². The Kier molecular flexibility index (Phi) is 5.07. The highest BCUT2D eigenvalue weighted by Crippen LogP contribution is 2.20. The van der Waals surface area contributed by atoms with Crippen molar-refractivity contribution in [2.45, 2.75) is 13.1 Å². The molecule has 0 aliphatic carbocycles. The Morgan fingerprint density at radius 3 is 2.50 bits per heavy atom. The third-order valence-electron chi connectivity index (χ3n) is 3.82. The largest absolute Gasteiger partial charge is 0.375 e. The van der Waals surface area contributed by atoms with Gasteiger partial charge in [-0.25, -0.2) is 9.37 Å². The van der Waals surface area contributed by atoms with E-state index in [2.05, 4.69) is 30.7 Å². The smallest absolute Gasteiger partial charge is 0.180 e. The lowest BCUT2D eigenvalue weighted by Gasteiger charge is -2.34. The average Bonchev–Trinajstić information content (AvgIpc) is 2.90. The van der Waals surface area contributed by atoms with E-state index >= 15 is 0 Å². The van der Waals surface area contributed by atoms with Gasteiger partial charge in [0, 0.05) is 60.4 Å². The molecule has 1 aromatic heterocycles.